The van der Waals surface area contributed by atoms with E-state index >= 15 is 0 Å². The van der Waals surface area contributed by atoms with E-state index in [1.807, 2.05) is 0 Å². The molecular weight excluding hydrogens is 592 g/mol. The van der Waals surface area contributed by atoms with Crippen LogP contribution < -0.4 is 15.2 Å². The minimum absolute atomic E-state index is 0.0317. The Morgan fingerprint density at radius 2 is 1.59 bits per heavy atom. The number of alkyl halides is 6. The Labute approximate surface area is 217 Å². The lowest BCUT2D eigenvalue weighted by Gasteiger charge is -2.15. The summed E-state index contributed by atoms with van der Waals surface area (Å²) in [7, 11) is 0. The fourth-order valence-electron chi connectivity index (χ4n) is 3.69. The number of imidazole rings is 1. The van der Waals surface area contributed by atoms with Crippen molar-refractivity contribution in [2.75, 3.05) is 12.5 Å². The molecule has 1 aliphatic heterocycles. The van der Waals surface area contributed by atoms with Gasteiger partial charge in [0.1, 0.15) is 6.33 Å². The van der Waals surface area contributed by atoms with Gasteiger partial charge in [-0.2, -0.15) is 26.3 Å². The topological polar surface area (TPSA) is 88.1 Å². The summed E-state index contributed by atoms with van der Waals surface area (Å²) >= 11 is 4.64. The molecule has 4 aromatic rings. The van der Waals surface area contributed by atoms with Crippen LogP contribution in [0.4, 0.5) is 32.2 Å². The molecule has 2 N–H and O–H groups in total. The molecule has 1 aliphatic rings. The highest BCUT2D eigenvalue weighted by Crippen LogP contribution is 2.43. The molecule has 0 saturated carbocycles. The van der Waals surface area contributed by atoms with Crippen molar-refractivity contribution in [2.24, 2.45) is 0 Å². The van der Waals surface area contributed by atoms with Gasteiger partial charge in [-0.3, -0.25) is 0 Å². The van der Waals surface area contributed by atoms with Gasteiger partial charge in [0.15, 0.2) is 33.6 Å². The van der Waals surface area contributed by atoms with Crippen LogP contribution >= 0.6 is 27.7 Å². The van der Waals surface area contributed by atoms with Crippen LogP contribution in [0.3, 0.4) is 0 Å². The van der Waals surface area contributed by atoms with Gasteiger partial charge >= 0.3 is 12.4 Å². The summed E-state index contributed by atoms with van der Waals surface area (Å²) in [5.41, 5.74) is 3.58. The number of aromatic nitrogens is 4. The summed E-state index contributed by atoms with van der Waals surface area (Å²) in [4.78, 5) is 13.3. The largest absolute Gasteiger partial charge is 0.454 e. The molecule has 37 heavy (non-hydrogen) atoms. The zero-order valence-corrected chi connectivity index (χ0v) is 20.7. The van der Waals surface area contributed by atoms with Gasteiger partial charge in [0.25, 0.3) is 0 Å². The molecule has 2 aromatic carbocycles. The Hall–Kier alpha value is -3.20. The Kier molecular flexibility index (Phi) is 6.38. The van der Waals surface area contributed by atoms with Crippen molar-refractivity contribution < 1.29 is 35.8 Å². The van der Waals surface area contributed by atoms with Crippen LogP contribution in [-0.4, -0.2) is 26.3 Å². The molecule has 7 nitrogen and oxygen atoms in total. The minimum Gasteiger partial charge on any atom is -0.454 e. The first kappa shape index (κ1) is 25.4. The summed E-state index contributed by atoms with van der Waals surface area (Å²) in [6.45, 7) is 0.0352. The van der Waals surface area contributed by atoms with Crippen LogP contribution in [0.25, 0.3) is 11.2 Å². The van der Waals surface area contributed by atoms with Gasteiger partial charge in [-0.1, -0.05) is 11.8 Å². The molecule has 0 fully saturated rings. The quantitative estimate of drug-likeness (QED) is 0.266. The number of aryl methyl sites for hydroxylation is 2. The summed E-state index contributed by atoms with van der Waals surface area (Å²) in [6.07, 6.45) is -8.84. The number of halogens is 7. The lowest BCUT2D eigenvalue weighted by Crippen LogP contribution is -2.13. The van der Waals surface area contributed by atoms with E-state index in [2.05, 4.69) is 30.9 Å². The predicted octanol–water partition coefficient (Wildman–Crippen LogP) is 6.33. The lowest BCUT2D eigenvalue weighted by atomic mass is 10.0. The number of hydrogen-bond acceptors (Lipinski definition) is 7. The first-order chi connectivity index (χ1) is 17.4. The van der Waals surface area contributed by atoms with Crippen molar-refractivity contribution >= 4 is 44.7 Å². The van der Waals surface area contributed by atoms with Crippen LogP contribution in [0.5, 0.6) is 11.5 Å². The molecule has 0 bridgehead atoms. The van der Waals surface area contributed by atoms with Crippen molar-refractivity contribution in [1.82, 2.24) is 19.5 Å². The summed E-state index contributed by atoms with van der Waals surface area (Å²) in [5.74, 6) is 1.13. The smallest absolute Gasteiger partial charge is 0.416 e. The minimum atomic E-state index is -4.94. The summed E-state index contributed by atoms with van der Waals surface area (Å²) < 4.78 is 92.8. The second kappa shape index (κ2) is 9.28. The number of nitrogen functional groups attached to an aromatic ring is 1. The maximum Gasteiger partial charge on any atom is 0.416 e. The van der Waals surface area contributed by atoms with Crippen molar-refractivity contribution in [2.45, 2.75) is 35.4 Å². The first-order valence-corrected chi connectivity index (χ1v) is 12.0. The van der Waals surface area contributed by atoms with Gasteiger partial charge in [-0.15, -0.1) is 0 Å². The van der Waals surface area contributed by atoms with Crippen LogP contribution in [-0.2, 0) is 25.3 Å². The standard InChI is InChI=1S/C22H14BrF6N5O2S/c23-13-6-14-15(36-9-35-14)7-16(13)37-20-33-17-18(30)31-8-32-19(17)34(20)2-1-10-3-11(21(24,25)26)5-12(4-10)22(27,28)29/h3-8H,1-2,9H2,(H2,30,31,32). The highest BCUT2D eigenvalue weighted by Gasteiger charge is 2.37. The van der Waals surface area contributed by atoms with Gasteiger partial charge in [-0.25, -0.2) is 15.0 Å². The number of anilines is 1. The fraction of sp³-hybridized carbons (Fsp3) is 0.227. The second-order valence-corrected chi connectivity index (χ2v) is 9.74. The number of nitrogens with two attached hydrogens (primary N) is 1. The lowest BCUT2D eigenvalue weighted by molar-refractivity contribution is -0.143. The molecule has 0 aliphatic carbocycles. The predicted molar refractivity (Wildman–Crippen MR) is 124 cm³/mol. The highest BCUT2D eigenvalue weighted by atomic mass is 79.9. The number of hydrogen-bond donors (Lipinski definition) is 1. The molecule has 0 spiro atoms. The Morgan fingerprint density at radius 1 is 0.946 bits per heavy atom. The van der Waals surface area contributed by atoms with Gasteiger partial charge < -0.3 is 19.8 Å². The zero-order valence-electron chi connectivity index (χ0n) is 18.3. The normalized spacial score (nSPS) is 13.5. The van der Waals surface area contributed by atoms with Crippen molar-refractivity contribution in [1.29, 1.82) is 0 Å². The molecule has 0 saturated heterocycles. The number of ether oxygens (including phenoxy) is 2. The summed E-state index contributed by atoms with van der Waals surface area (Å²) in [6, 6.07) is 4.95. The zero-order chi connectivity index (χ0) is 26.5. The molecule has 3 heterocycles. The number of fused-ring (bicyclic) bond motifs is 2. The molecular formula is C22H14BrF6N5O2S. The molecule has 15 heteroatoms. The fourth-order valence-corrected chi connectivity index (χ4v) is 5.20. The number of nitrogens with zero attached hydrogens (tertiary/aromatic N) is 4. The van der Waals surface area contributed by atoms with E-state index in [0.717, 1.165) is 0 Å². The van der Waals surface area contributed by atoms with E-state index in [9.17, 15) is 26.3 Å². The average Bonchev–Trinajstić information content (AvgIpc) is 3.41. The van der Waals surface area contributed by atoms with E-state index in [1.54, 1.807) is 16.7 Å². The Morgan fingerprint density at radius 3 is 2.24 bits per heavy atom. The maximum atomic E-state index is 13.3. The third kappa shape index (κ3) is 5.14. The van der Waals surface area contributed by atoms with Crippen LogP contribution in [0.15, 0.2) is 51.2 Å². The average molecular weight is 606 g/mol. The van der Waals surface area contributed by atoms with Gasteiger partial charge in [0.2, 0.25) is 6.79 Å². The second-order valence-electron chi connectivity index (χ2n) is 7.88. The maximum absolute atomic E-state index is 13.3. The number of rotatable bonds is 5. The van der Waals surface area contributed by atoms with E-state index in [1.165, 1.54) is 18.1 Å². The number of benzene rings is 2. The van der Waals surface area contributed by atoms with Crippen LogP contribution in [0.1, 0.15) is 16.7 Å². The van der Waals surface area contributed by atoms with E-state index < -0.39 is 23.5 Å². The van der Waals surface area contributed by atoms with E-state index in [0.29, 0.717) is 38.2 Å². The molecule has 0 radical (unpaired) electrons. The van der Waals surface area contributed by atoms with Crippen LogP contribution in [0.2, 0.25) is 0 Å². The monoisotopic (exact) mass is 605 g/mol. The molecule has 0 atom stereocenters. The van der Waals surface area contributed by atoms with E-state index in [-0.39, 0.29) is 48.4 Å². The third-order valence-corrected chi connectivity index (χ3v) is 7.40. The van der Waals surface area contributed by atoms with Crippen molar-refractivity contribution in [3.05, 3.63) is 57.8 Å². The SMILES string of the molecule is Nc1ncnc2c1nc(Sc1cc3c(cc1Br)OCO3)n2CCc1cc(C(F)(F)F)cc(C(F)(F)F)c1. The van der Waals surface area contributed by atoms with Gasteiger partial charge in [-0.05, 0) is 58.2 Å². The van der Waals surface area contributed by atoms with Crippen LogP contribution in [0, 0.1) is 0 Å². The summed E-state index contributed by atoms with van der Waals surface area (Å²) in [5, 5.41) is 0.352. The van der Waals surface area contributed by atoms with Gasteiger partial charge in [0.05, 0.1) is 11.1 Å². The van der Waals surface area contributed by atoms with Crippen molar-refractivity contribution in [3.8, 4) is 11.5 Å². The molecule has 0 amide bonds. The highest BCUT2D eigenvalue weighted by molar-refractivity contribution is 9.10. The molecule has 0 unspecified atom stereocenters. The van der Waals surface area contributed by atoms with Crippen molar-refractivity contribution in [3.63, 3.8) is 0 Å². The van der Waals surface area contributed by atoms with Gasteiger partial charge in [0, 0.05) is 15.9 Å². The molecule has 194 valence electrons. The Bertz CT molecular complexity index is 1480. The molecule has 5 rings (SSSR count). The first-order valence-electron chi connectivity index (χ1n) is 10.4. The third-order valence-electron chi connectivity index (χ3n) is 5.43. The van der Waals surface area contributed by atoms with E-state index in [4.69, 9.17) is 15.2 Å². The molecule has 2 aromatic heterocycles. The Balaban J connectivity index is 1.53.